The van der Waals surface area contributed by atoms with Gasteiger partial charge in [0.25, 0.3) is 0 Å². The maximum Gasteiger partial charge on any atom is 2.00 e. The Labute approximate surface area is 317 Å². The molecular weight excluding hydrogens is 906 g/mol. The topological polar surface area (TPSA) is 0 Å². The normalized spacial score (nSPS) is 11.3. The second kappa shape index (κ2) is 17.2. The van der Waals surface area contributed by atoms with Gasteiger partial charge in [-0.05, 0) is 15.8 Å². The second-order valence-electron chi connectivity index (χ2n) is 10.6. The van der Waals surface area contributed by atoms with Gasteiger partial charge < -0.3 is 0 Å². The minimum atomic E-state index is -3.38. The molecule has 6 aromatic rings. The van der Waals surface area contributed by atoms with E-state index >= 15 is 0 Å². The maximum absolute atomic E-state index is 14.3. The Morgan fingerprint density at radius 2 is 0.421 bits per heavy atom. The van der Waals surface area contributed by atoms with Crippen LogP contribution in [-0.2, 0) is 17.1 Å². The molecule has 6 rings (SSSR count). The monoisotopic (exact) mass is 914 g/mol. The molecule has 0 saturated carbocycles. The summed E-state index contributed by atoms with van der Waals surface area (Å²) in [5, 5.41) is -7.58. The van der Waals surface area contributed by atoms with E-state index in [9.17, 15) is 87.8 Å². The summed E-state index contributed by atoms with van der Waals surface area (Å²) in [5.74, 6) is -49.0. The molecule has 0 spiro atoms. The quantitative estimate of drug-likeness (QED) is 0.0391. The summed E-state index contributed by atoms with van der Waals surface area (Å²) < 4.78 is 276. The molecule has 0 aliphatic heterocycles. The largest absolute Gasteiger partial charge is 2.00 e. The Morgan fingerprint density at radius 3 is 0.561 bits per heavy atom. The van der Waals surface area contributed by atoms with Crippen LogP contribution in [0.2, 0.25) is 0 Å². The van der Waals surface area contributed by atoms with E-state index in [1.807, 2.05) is 0 Å². The molecule has 0 nitrogen and oxygen atoms in total. The molecule has 0 bridgehead atoms. The Morgan fingerprint density at radius 1 is 0.263 bits per heavy atom. The molecule has 0 unspecified atom stereocenters. The maximum atomic E-state index is 14.3. The van der Waals surface area contributed by atoms with Crippen LogP contribution in [0.4, 0.5) is 87.8 Å². The summed E-state index contributed by atoms with van der Waals surface area (Å²) in [5.41, 5.74) is 0. The summed E-state index contributed by atoms with van der Waals surface area (Å²) in [6.07, 6.45) is 0. The molecule has 0 amide bonds. The molecule has 57 heavy (non-hydrogen) atoms. The van der Waals surface area contributed by atoms with Crippen LogP contribution >= 0.6 is 15.8 Å². The zero-order valence-electron chi connectivity index (χ0n) is 26.4. The molecule has 0 heterocycles. The summed E-state index contributed by atoms with van der Waals surface area (Å²) in [6, 6.07) is 8.68. The van der Waals surface area contributed by atoms with Crippen LogP contribution in [0.15, 0.2) is 48.5 Å². The number of hydrogen-bond acceptors (Lipinski definition) is 0. The van der Waals surface area contributed by atoms with Crippen LogP contribution in [0.25, 0.3) is 0 Å². The van der Waals surface area contributed by atoms with E-state index in [1.165, 1.54) is 24.3 Å². The first-order valence-electron chi connectivity index (χ1n) is 14.3. The van der Waals surface area contributed by atoms with Crippen LogP contribution in [0.1, 0.15) is 0 Å². The molecule has 0 aromatic heterocycles. The molecule has 23 heteroatoms. The number of halogens is 20. The number of rotatable bonds is 6. The van der Waals surface area contributed by atoms with Crippen molar-refractivity contribution in [2.75, 3.05) is 0 Å². The van der Waals surface area contributed by atoms with Crippen molar-refractivity contribution in [1.29, 1.82) is 0 Å². The van der Waals surface area contributed by atoms with Gasteiger partial charge in [-0.3, -0.25) is 0 Å². The molecule has 0 saturated heterocycles. The van der Waals surface area contributed by atoms with E-state index in [-0.39, 0.29) is 17.1 Å². The van der Waals surface area contributed by atoms with Crippen molar-refractivity contribution in [3.05, 3.63) is 165 Å². The van der Waals surface area contributed by atoms with E-state index in [0.717, 1.165) is 24.3 Å². The molecule has 0 radical (unpaired) electrons. The molecule has 302 valence electrons. The molecule has 0 fully saturated rings. The fourth-order valence-electron chi connectivity index (χ4n) is 4.92. The summed E-state index contributed by atoms with van der Waals surface area (Å²) in [6.45, 7) is 0. The summed E-state index contributed by atoms with van der Waals surface area (Å²) >= 11 is 0. The van der Waals surface area contributed by atoms with Crippen LogP contribution in [0.3, 0.4) is 0 Å². The molecular formula is C34H8F20FeP2. The van der Waals surface area contributed by atoms with Crippen molar-refractivity contribution in [3.8, 4) is 0 Å². The molecule has 0 aliphatic rings. The SMILES string of the molecule is Fc1c(F)c(F)c(P(c2ccc[cH-]2)c2c(F)c(F)c(F)c(F)c2F)c(F)c1F.Fc1c(F)c(F)c(P(c2ccc[cH-]2)c2c(F)c(F)c(F)c(F)c2F)c(F)c1F.[Fe+2]. The van der Waals surface area contributed by atoms with Gasteiger partial charge >= 0.3 is 17.1 Å². The van der Waals surface area contributed by atoms with E-state index in [0.29, 0.717) is 0 Å². The second-order valence-corrected chi connectivity index (χ2v) is 14.8. The third kappa shape index (κ3) is 7.54. The molecule has 0 N–H and O–H groups in total. The standard InChI is InChI=1S/2C17H4F10P.Fe/c2*18-6-8(20)12(24)16(13(25)9(6)21)28(5-3-1-2-4-5)17-14(26)10(22)7(19)11(23)15(17)27;/h2*1-4H;/q2*-1;+2. The Hall–Kier alpha value is -4.44. The van der Waals surface area contributed by atoms with Crippen LogP contribution in [-0.4, -0.2) is 0 Å². The first kappa shape index (κ1) is 45.3. The van der Waals surface area contributed by atoms with Crippen LogP contribution in [0.5, 0.6) is 0 Å². The zero-order valence-corrected chi connectivity index (χ0v) is 29.3. The van der Waals surface area contributed by atoms with Gasteiger partial charge in [0.05, 0.1) is 21.2 Å². The predicted octanol–water partition coefficient (Wildman–Crippen LogP) is 9.11. The average Bonchev–Trinajstić information content (AvgIpc) is 3.93. The van der Waals surface area contributed by atoms with Gasteiger partial charge in [0.15, 0.2) is 93.1 Å². The van der Waals surface area contributed by atoms with Crippen LogP contribution in [0, 0.1) is 116 Å². The van der Waals surface area contributed by atoms with Gasteiger partial charge in [-0.25, -0.2) is 112 Å². The minimum Gasteiger partial charge on any atom is -0.213 e. The van der Waals surface area contributed by atoms with Gasteiger partial charge in [-0.2, -0.15) is 24.3 Å². The van der Waals surface area contributed by atoms with E-state index < -0.39 is 164 Å². The van der Waals surface area contributed by atoms with E-state index in [2.05, 4.69) is 0 Å². The van der Waals surface area contributed by atoms with E-state index in [4.69, 9.17) is 0 Å². The van der Waals surface area contributed by atoms with Gasteiger partial charge in [0.2, 0.25) is 23.3 Å². The first-order valence-corrected chi connectivity index (χ1v) is 17.0. The zero-order chi connectivity index (χ0) is 41.8. The third-order valence-electron chi connectivity index (χ3n) is 7.45. The summed E-state index contributed by atoms with van der Waals surface area (Å²) in [7, 11) is -6.75. The first-order chi connectivity index (χ1) is 26.2. The van der Waals surface area contributed by atoms with Gasteiger partial charge in [0.1, 0.15) is 0 Å². The minimum absolute atomic E-state index is 0. The van der Waals surface area contributed by atoms with Crippen molar-refractivity contribution in [1.82, 2.24) is 0 Å². The van der Waals surface area contributed by atoms with Crippen molar-refractivity contribution in [3.63, 3.8) is 0 Å². The van der Waals surface area contributed by atoms with Crippen molar-refractivity contribution in [2.24, 2.45) is 0 Å². The number of hydrogen-bond donors (Lipinski definition) is 0. The fraction of sp³-hybridized carbons (Fsp3) is 0. The van der Waals surface area contributed by atoms with Gasteiger partial charge in [0, 0.05) is 0 Å². The Kier molecular flexibility index (Phi) is 13.7. The molecule has 0 atom stereocenters. The van der Waals surface area contributed by atoms with Gasteiger partial charge in [-0.1, -0.05) is 0 Å². The van der Waals surface area contributed by atoms with Crippen LogP contribution < -0.4 is 31.8 Å². The average molecular weight is 914 g/mol. The Balaban J connectivity index is 0.000000248. The van der Waals surface area contributed by atoms with Gasteiger partial charge in [-0.15, -0.1) is 10.6 Å². The Bertz CT molecular complexity index is 2070. The van der Waals surface area contributed by atoms with Crippen molar-refractivity contribution in [2.45, 2.75) is 0 Å². The summed E-state index contributed by atoms with van der Waals surface area (Å²) in [4.78, 5) is 0. The molecule has 0 aliphatic carbocycles. The van der Waals surface area contributed by atoms with Crippen molar-refractivity contribution >= 4 is 47.7 Å². The third-order valence-corrected chi connectivity index (χ3v) is 12.4. The van der Waals surface area contributed by atoms with Crippen molar-refractivity contribution < 1.29 is 105 Å². The van der Waals surface area contributed by atoms with E-state index in [1.54, 1.807) is 0 Å². The smallest absolute Gasteiger partial charge is 0.213 e. The predicted molar refractivity (Wildman–Crippen MR) is 161 cm³/mol. The number of benzene rings is 4. The fourth-order valence-corrected chi connectivity index (χ4v) is 9.70. The molecule has 6 aromatic carbocycles.